The zero-order chi connectivity index (χ0) is 57.6. The van der Waals surface area contributed by atoms with Gasteiger partial charge in [-0.25, -0.2) is 13.2 Å². The van der Waals surface area contributed by atoms with E-state index in [4.69, 9.17) is 34.4 Å². The number of amides is 8. The molecule has 78 heavy (non-hydrogen) atoms. The highest BCUT2D eigenvalue weighted by atomic mass is 19.2. The number of carbonyl (C=O) groups is 10. The number of aromatic amines is 1. The van der Waals surface area contributed by atoms with E-state index >= 15 is 0 Å². The van der Waals surface area contributed by atoms with Crippen molar-refractivity contribution < 1.29 is 61.1 Å². The lowest BCUT2D eigenvalue weighted by molar-refractivity contribution is -0.136. The molecule has 8 amide bonds. The fourth-order valence-electron chi connectivity index (χ4n) is 8.73. The highest BCUT2D eigenvalue weighted by Gasteiger charge is 2.36. The summed E-state index contributed by atoms with van der Waals surface area (Å²) in [7, 11) is 0. The van der Waals surface area contributed by atoms with Gasteiger partial charge in [-0.05, 0) is 87.1 Å². The van der Waals surface area contributed by atoms with Crippen LogP contribution < -0.4 is 66.3 Å². The molecule has 4 rings (SSSR count). The van der Waals surface area contributed by atoms with Crippen molar-refractivity contribution >= 4 is 81.6 Å². The maximum atomic E-state index is 14.7. The predicted octanol–water partition coefficient (Wildman–Crippen LogP) is -1.88. The molecule has 424 valence electrons. The molecular formula is C50H68F3N15O10. The molecule has 28 heteroatoms. The number of hydrogen-bond donors (Lipinski definition) is 13. The van der Waals surface area contributed by atoms with Gasteiger partial charge in [0.15, 0.2) is 35.2 Å². The van der Waals surface area contributed by atoms with Crippen molar-refractivity contribution in [3.05, 3.63) is 71.2 Å². The van der Waals surface area contributed by atoms with E-state index in [1.165, 1.54) is 0 Å². The van der Waals surface area contributed by atoms with Crippen molar-refractivity contribution in [3.8, 4) is 0 Å². The summed E-state index contributed by atoms with van der Waals surface area (Å²) in [6, 6.07) is 0.224. The molecule has 3 aromatic rings. The summed E-state index contributed by atoms with van der Waals surface area (Å²) in [6.07, 6.45) is -2.30. The summed E-state index contributed by atoms with van der Waals surface area (Å²) in [5, 5.41) is 15.6. The minimum Gasteiger partial charge on any atom is -0.370 e. The molecule has 1 fully saturated rings. The van der Waals surface area contributed by atoms with Gasteiger partial charge >= 0.3 is 0 Å². The number of guanidine groups is 2. The Hall–Kier alpha value is -8.59. The van der Waals surface area contributed by atoms with E-state index < -0.39 is 144 Å². The molecule has 0 saturated carbocycles. The Bertz CT molecular complexity index is 2720. The Labute approximate surface area is 446 Å². The molecule has 0 aliphatic carbocycles. The monoisotopic (exact) mass is 1100 g/mol. The van der Waals surface area contributed by atoms with Crippen LogP contribution in [0.3, 0.4) is 0 Å². The van der Waals surface area contributed by atoms with Gasteiger partial charge in [-0.1, -0.05) is 18.2 Å². The molecule has 1 saturated heterocycles. The number of aliphatic imine (C=N–C) groups is 2. The van der Waals surface area contributed by atoms with Gasteiger partial charge in [0.2, 0.25) is 47.3 Å². The first-order valence-corrected chi connectivity index (χ1v) is 25.1. The van der Waals surface area contributed by atoms with Crippen LogP contribution in [0.15, 0.2) is 52.6 Å². The van der Waals surface area contributed by atoms with E-state index in [0.29, 0.717) is 28.6 Å². The lowest BCUT2D eigenvalue weighted by Crippen LogP contribution is -2.58. The summed E-state index contributed by atoms with van der Waals surface area (Å²) < 4.78 is 43.6. The number of Topliss-reactive ketones (excluding diaryl/α,β-unsaturated/α-hetero) is 2. The van der Waals surface area contributed by atoms with Crippen LogP contribution in [0.5, 0.6) is 0 Å². The molecule has 2 heterocycles. The molecule has 1 aromatic heterocycles. The number of benzene rings is 2. The number of ketones is 2. The second-order valence-electron chi connectivity index (χ2n) is 18.9. The van der Waals surface area contributed by atoms with Gasteiger partial charge in [-0.3, -0.25) is 57.9 Å². The van der Waals surface area contributed by atoms with Gasteiger partial charge < -0.3 is 71.3 Å². The van der Waals surface area contributed by atoms with E-state index in [2.05, 4.69) is 46.9 Å². The van der Waals surface area contributed by atoms with E-state index in [0.717, 1.165) is 6.92 Å². The second-order valence-corrected chi connectivity index (χ2v) is 18.9. The number of carbonyl (C=O) groups excluding carboxylic acids is 10. The van der Waals surface area contributed by atoms with Crippen LogP contribution in [-0.2, 0) is 60.8 Å². The Kier molecular flexibility index (Phi) is 24.0. The Balaban J connectivity index is 1.82. The largest absolute Gasteiger partial charge is 0.370 e. The number of nitrogens with one attached hydrogen (secondary N) is 7. The fraction of sp³-hybridized carbons (Fsp3) is 0.480. The quantitative estimate of drug-likeness (QED) is 0.0287. The molecule has 0 radical (unpaired) electrons. The number of nitrogens with zero attached hydrogens (tertiary/aromatic N) is 2. The normalized spacial score (nSPS) is 20.9. The minimum atomic E-state index is -1.92. The molecule has 19 N–H and O–H groups in total. The first-order valence-electron chi connectivity index (χ1n) is 25.1. The van der Waals surface area contributed by atoms with E-state index in [1.807, 2.05) is 0 Å². The van der Waals surface area contributed by atoms with Gasteiger partial charge in [0, 0.05) is 74.8 Å². The number of fused-ring (bicyclic) bond motifs is 1. The van der Waals surface area contributed by atoms with E-state index in [1.54, 1.807) is 30.5 Å². The number of hydrogen-bond acceptors (Lipinski definition) is 12. The summed E-state index contributed by atoms with van der Waals surface area (Å²) in [6.45, 7) is 1.01. The number of primary amides is 2. The van der Waals surface area contributed by atoms with Gasteiger partial charge in [-0.2, -0.15) is 0 Å². The third kappa shape index (κ3) is 20.2. The summed E-state index contributed by atoms with van der Waals surface area (Å²) in [5.41, 5.74) is 34.1. The molecule has 0 bridgehead atoms. The number of nitrogens with two attached hydrogens (primary N) is 6. The third-order valence-corrected chi connectivity index (χ3v) is 12.7. The topological polar surface area (TPSA) is 440 Å². The van der Waals surface area contributed by atoms with Gasteiger partial charge in [0.05, 0.1) is 12.5 Å². The van der Waals surface area contributed by atoms with Crippen LogP contribution in [0.1, 0.15) is 88.7 Å². The zero-order valence-electron chi connectivity index (χ0n) is 43.0. The summed E-state index contributed by atoms with van der Waals surface area (Å²) >= 11 is 0. The number of para-hydroxylation sites is 1. The Morgan fingerprint density at radius 1 is 0.756 bits per heavy atom. The molecule has 1 aliphatic rings. The Morgan fingerprint density at radius 3 is 2.04 bits per heavy atom. The highest BCUT2D eigenvalue weighted by molar-refractivity contribution is 5.99. The molecule has 0 unspecified atom stereocenters. The van der Waals surface area contributed by atoms with E-state index in [-0.39, 0.29) is 94.9 Å². The highest BCUT2D eigenvalue weighted by Crippen LogP contribution is 2.27. The zero-order valence-corrected chi connectivity index (χ0v) is 43.0. The Morgan fingerprint density at radius 2 is 1.40 bits per heavy atom. The number of H-pyrrole nitrogens is 1. The summed E-state index contributed by atoms with van der Waals surface area (Å²) in [5.74, 6) is -17.3. The smallest absolute Gasteiger partial charge is 0.243 e. The molecule has 0 spiro atoms. The first kappa shape index (κ1) is 62.0. The van der Waals surface area contributed by atoms with Crippen LogP contribution in [0.25, 0.3) is 10.9 Å². The molecule has 2 aromatic carbocycles. The fourth-order valence-corrected chi connectivity index (χ4v) is 8.73. The van der Waals surface area contributed by atoms with Crippen LogP contribution in [0.2, 0.25) is 0 Å². The standard InChI is InChI=1S/C50H68F3N15O10/c1-25(69)64-35(10-6-16-62-50(58)59)46(76)66-36-11-5-14-60-42(73)13-12-34(44(55)74)65-45(75)28(20-29-24-63-33-9-3-2-8-30(29)33)22-39(70)27(7-4-15-61-49(56)57)21-40(71)37(19-26-17-31(51)43(53)32(52)18-26)67-48(78)38(23-41(54)72)68-47(36)77/h2-3,8-9,17-18,24,27-28,34-38,63H,4-7,10-16,19-23H2,1H3,(H2,54,72)(H2,55,74)(H,60,73)(H,64,69)(H,65,75)(H,66,76)(H,67,78)(H,68,77)(H4,56,57,61)(H4,58,59,62)/t27-,28-,34+,35+,36+,37-,38+/m1/s1. The van der Waals surface area contributed by atoms with Crippen molar-refractivity contribution in [2.24, 2.45) is 56.2 Å². The van der Waals surface area contributed by atoms with Crippen molar-refractivity contribution in [2.45, 2.75) is 121 Å². The van der Waals surface area contributed by atoms with Crippen molar-refractivity contribution in [1.82, 2.24) is 36.9 Å². The van der Waals surface area contributed by atoms with Crippen LogP contribution in [0, 0.1) is 29.3 Å². The van der Waals surface area contributed by atoms with Gasteiger partial charge in [0.1, 0.15) is 30.0 Å². The van der Waals surface area contributed by atoms with Gasteiger partial charge in [0.25, 0.3) is 0 Å². The first-order chi connectivity index (χ1) is 36.9. The second kappa shape index (κ2) is 30.2. The third-order valence-electron chi connectivity index (χ3n) is 12.7. The molecule has 1 aliphatic heterocycles. The number of halogens is 3. The predicted molar refractivity (Wildman–Crippen MR) is 278 cm³/mol. The summed E-state index contributed by atoms with van der Waals surface area (Å²) in [4.78, 5) is 148. The van der Waals surface area contributed by atoms with Gasteiger partial charge in [-0.15, -0.1) is 0 Å². The van der Waals surface area contributed by atoms with Crippen LogP contribution in [0.4, 0.5) is 13.2 Å². The number of rotatable bonds is 18. The molecular weight excluding hydrogens is 1030 g/mol. The van der Waals surface area contributed by atoms with Crippen molar-refractivity contribution in [2.75, 3.05) is 19.6 Å². The van der Waals surface area contributed by atoms with E-state index in [9.17, 15) is 61.1 Å². The van der Waals surface area contributed by atoms with Crippen molar-refractivity contribution in [1.29, 1.82) is 0 Å². The van der Waals surface area contributed by atoms with Crippen LogP contribution in [-0.4, -0.2) is 126 Å². The lowest BCUT2D eigenvalue weighted by atomic mass is 9.83. The molecule has 7 atom stereocenters. The average molecular weight is 1100 g/mol. The minimum absolute atomic E-state index is 0.0310. The lowest BCUT2D eigenvalue weighted by Gasteiger charge is -2.27. The maximum absolute atomic E-state index is 14.7. The average Bonchev–Trinajstić information content (AvgIpc) is 3.79. The van der Waals surface area contributed by atoms with Crippen LogP contribution >= 0.6 is 0 Å². The SMILES string of the molecule is CC(=O)N[C@@H](CCCN=C(N)N)C(=O)N[C@H]1CCCNC(=O)CC[C@@H](C(N)=O)NC(=O)[C@H](Cc2c[nH]c3ccccc23)CC(=O)[C@H](CCCN=C(N)N)CC(=O)[C@@H](Cc2cc(F)c(F)c(F)c2)NC(=O)[C@H](CC(N)=O)NC1=O. The maximum Gasteiger partial charge on any atom is 0.243 e. The van der Waals surface area contributed by atoms with Crippen molar-refractivity contribution in [3.63, 3.8) is 0 Å². The number of aromatic nitrogens is 1. The molecule has 25 nitrogen and oxygen atoms in total.